The number of nitrogens with two attached hydrogens (primary N) is 1. The fourth-order valence-electron chi connectivity index (χ4n) is 3.44. The highest BCUT2D eigenvalue weighted by atomic mass is 16.3. The van der Waals surface area contributed by atoms with Crippen LogP contribution in [-0.4, -0.2) is 41.0 Å². The summed E-state index contributed by atoms with van der Waals surface area (Å²) in [6.07, 6.45) is 3.49. The number of hydrogen-bond acceptors (Lipinski definition) is 4. The van der Waals surface area contributed by atoms with Crippen molar-refractivity contribution in [3.8, 4) is 5.75 Å². The van der Waals surface area contributed by atoms with Crippen molar-refractivity contribution in [2.45, 2.75) is 38.3 Å². The second-order valence-electron chi connectivity index (χ2n) is 7.18. The third-order valence-corrected chi connectivity index (χ3v) is 5.10. The summed E-state index contributed by atoms with van der Waals surface area (Å²) in [5.41, 5.74) is 7.93. The fourth-order valence-corrected chi connectivity index (χ4v) is 3.44. The Bertz CT molecular complexity index is 797. The van der Waals surface area contributed by atoms with E-state index < -0.39 is 6.04 Å². The van der Waals surface area contributed by atoms with Crippen LogP contribution in [0.25, 0.3) is 0 Å². The van der Waals surface area contributed by atoms with Gasteiger partial charge in [-0.15, -0.1) is 0 Å². The highest BCUT2D eigenvalue weighted by molar-refractivity contribution is 5.97. The summed E-state index contributed by atoms with van der Waals surface area (Å²) in [5, 5.41) is 12.4. The lowest BCUT2D eigenvalue weighted by Gasteiger charge is -2.31. The number of nitrogens with one attached hydrogen (secondary N) is 1. The molecule has 2 aromatic rings. The van der Waals surface area contributed by atoms with Crippen LogP contribution in [0.2, 0.25) is 0 Å². The first-order chi connectivity index (χ1) is 13.6. The quantitative estimate of drug-likeness (QED) is 0.715. The zero-order valence-electron chi connectivity index (χ0n) is 15.9. The van der Waals surface area contributed by atoms with E-state index in [0.717, 1.165) is 43.5 Å². The average Bonchev–Trinajstić information content (AvgIpc) is 2.75. The summed E-state index contributed by atoms with van der Waals surface area (Å²) in [6.45, 7) is 1.87. The number of hydrogen-bond donors (Lipinski definition) is 3. The maximum atomic E-state index is 13.1. The molecule has 28 heavy (non-hydrogen) atoms. The normalized spacial score (nSPS) is 15.1. The number of rotatable bonds is 6. The molecule has 0 aliphatic carbocycles. The molecule has 1 saturated heterocycles. The van der Waals surface area contributed by atoms with Crippen LogP contribution >= 0.6 is 0 Å². The van der Waals surface area contributed by atoms with E-state index in [9.17, 15) is 14.7 Å². The van der Waals surface area contributed by atoms with Gasteiger partial charge >= 0.3 is 0 Å². The molecule has 1 heterocycles. The van der Waals surface area contributed by atoms with E-state index in [1.54, 1.807) is 36.4 Å². The SMILES string of the molecule is NCc1ccc(C(=O)N[C@@H](Cc2ccc(O)cc2)C(=O)N2CCCCC2)cc1. The number of nitrogens with zero attached hydrogens (tertiary/aromatic N) is 1. The van der Waals surface area contributed by atoms with Gasteiger partial charge in [0.25, 0.3) is 5.91 Å². The first kappa shape index (κ1) is 19.9. The lowest BCUT2D eigenvalue weighted by molar-refractivity contribution is -0.134. The number of carbonyl (C=O) groups excluding carboxylic acids is 2. The fraction of sp³-hybridized carbons (Fsp3) is 0.364. The molecule has 1 fully saturated rings. The molecule has 0 unspecified atom stereocenters. The van der Waals surface area contributed by atoms with Gasteiger partial charge in [-0.25, -0.2) is 0 Å². The third kappa shape index (κ3) is 5.10. The number of piperidine rings is 1. The van der Waals surface area contributed by atoms with Gasteiger partial charge in [0.05, 0.1) is 0 Å². The predicted octanol–water partition coefficient (Wildman–Crippen LogP) is 2.20. The van der Waals surface area contributed by atoms with Crippen molar-refractivity contribution in [1.29, 1.82) is 0 Å². The van der Waals surface area contributed by atoms with E-state index in [2.05, 4.69) is 5.32 Å². The summed E-state index contributed by atoms with van der Waals surface area (Å²) < 4.78 is 0. The second-order valence-corrected chi connectivity index (χ2v) is 7.18. The summed E-state index contributed by atoms with van der Waals surface area (Å²) in [7, 11) is 0. The molecule has 1 atom stereocenters. The Balaban J connectivity index is 1.76. The standard InChI is InChI=1S/C22H27N3O3/c23-15-17-4-8-18(9-5-17)21(27)24-20(14-16-6-10-19(26)11-7-16)22(28)25-12-2-1-3-13-25/h4-11,20,26H,1-3,12-15,23H2,(H,24,27)/t20-/m0/s1. The Hall–Kier alpha value is -2.86. The Labute approximate surface area is 165 Å². The van der Waals surface area contributed by atoms with Crippen molar-refractivity contribution < 1.29 is 14.7 Å². The van der Waals surface area contributed by atoms with E-state index in [4.69, 9.17) is 5.73 Å². The van der Waals surface area contributed by atoms with Crippen LogP contribution in [0.5, 0.6) is 5.75 Å². The Kier molecular flexibility index (Phi) is 6.66. The van der Waals surface area contributed by atoms with Crippen molar-refractivity contribution in [2.75, 3.05) is 13.1 Å². The summed E-state index contributed by atoms with van der Waals surface area (Å²) >= 11 is 0. The number of phenolic OH excluding ortho intramolecular Hbond substituents is 1. The molecule has 4 N–H and O–H groups in total. The van der Waals surface area contributed by atoms with Gasteiger partial charge < -0.3 is 21.1 Å². The van der Waals surface area contributed by atoms with Gasteiger partial charge in [-0.05, 0) is 54.7 Å². The predicted molar refractivity (Wildman–Crippen MR) is 108 cm³/mol. The largest absolute Gasteiger partial charge is 0.508 e. The van der Waals surface area contributed by atoms with Crippen LogP contribution in [0, 0.1) is 0 Å². The van der Waals surface area contributed by atoms with Crippen LogP contribution in [0.15, 0.2) is 48.5 Å². The van der Waals surface area contributed by atoms with Gasteiger partial charge in [-0.2, -0.15) is 0 Å². The van der Waals surface area contributed by atoms with E-state index in [-0.39, 0.29) is 17.6 Å². The molecule has 1 aliphatic rings. The van der Waals surface area contributed by atoms with E-state index in [1.165, 1.54) is 0 Å². The van der Waals surface area contributed by atoms with Crippen LogP contribution in [-0.2, 0) is 17.8 Å². The van der Waals surface area contributed by atoms with E-state index in [1.807, 2.05) is 17.0 Å². The van der Waals surface area contributed by atoms with Crippen LogP contribution in [0.3, 0.4) is 0 Å². The lowest BCUT2D eigenvalue weighted by Crippen LogP contribution is -2.51. The second kappa shape index (κ2) is 9.37. The lowest BCUT2D eigenvalue weighted by atomic mass is 10.0. The molecule has 0 spiro atoms. The maximum absolute atomic E-state index is 13.1. The first-order valence-corrected chi connectivity index (χ1v) is 9.73. The smallest absolute Gasteiger partial charge is 0.251 e. The van der Waals surface area contributed by atoms with Gasteiger partial charge in [0.1, 0.15) is 11.8 Å². The molecule has 1 aliphatic heterocycles. The Morgan fingerprint density at radius 2 is 1.57 bits per heavy atom. The van der Waals surface area contributed by atoms with Gasteiger partial charge in [0, 0.05) is 31.6 Å². The van der Waals surface area contributed by atoms with Crippen molar-refractivity contribution >= 4 is 11.8 Å². The number of aromatic hydroxyl groups is 1. The molecule has 2 aromatic carbocycles. The van der Waals surface area contributed by atoms with Crippen molar-refractivity contribution in [2.24, 2.45) is 5.73 Å². The zero-order valence-corrected chi connectivity index (χ0v) is 15.9. The zero-order chi connectivity index (χ0) is 19.9. The molecule has 0 saturated carbocycles. The molecule has 6 nitrogen and oxygen atoms in total. The highest BCUT2D eigenvalue weighted by Crippen LogP contribution is 2.15. The summed E-state index contributed by atoms with van der Waals surface area (Å²) in [6, 6.07) is 13.1. The minimum Gasteiger partial charge on any atom is -0.508 e. The van der Waals surface area contributed by atoms with Crippen molar-refractivity contribution in [3.63, 3.8) is 0 Å². The number of likely N-dealkylation sites (tertiary alicyclic amines) is 1. The Morgan fingerprint density at radius 1 is 0.964 bits per heavy atom. The van der Waals surface area contributed by atoms with E-state index in [0.29, 0.717) is 18.5 Å². The molecule has 2 amide bonds. The molecule has 0 aromatic heterocycles. The first-order valence-electron chi connectivity index (χ1n) is 9.73. The highest BCUT2D eigenvalue weighted by Gasteiger charge is 2.27. The van der Waals surface area contributed by atoms with Crippen molar-refractivity contribution in [1.82, 2.24) is 10.2 Å². The number of amides is 2. The summed E-state index contributed by atoms with van der Waals surface area (Å²) in [4.78, 5) is 27.7. The molecular formula is C22H27N3O3. The minimum atomic E-state index is -0.649. The minimum absolute atomic E-state index is 0.0558. The number of carbonyl (C=O) groups is 2. The van der Waals surface area contributed by atoms with E-state index >= 15 is 0 Å². The third-order valence-electron chi connectivity index (χ3n) is 5.10. The van der Waals surface area contributed by atoms with Gasteiger partial charge in [-0.1, -0.05) is 24.3 Å². The van der Waals surface area contributed by atoms with Crippen LogP contribution in [0.1, 0.15) is 40.7 Å². The topological polar surface area (TPSA) is 95.7 Å². The van der Waals surface area contributed by atoms with Gasteiger partial charge in [0.15, 0.2) is 0 Å². The number of phenols is 1. The molecule has 6 heteroatoms. The Morgan fingerprint density at radius 3 is 2.18 bits per heavy atom. The molecule has 3 rings (SSSR count). The monoisotopic (exact) mass is 381 g/mol. The average molecular weight is 381 g/mol. The molecular weight excluding hydrogens is 354 g/mol. The van der Waals surface area contributed by atoms with Crippen molar-refractivity contribution in [3.05, 3.63) is 65.2 Å². The molecule has 0 bridgehead atoms. The van der Waals surface area contributed by atoms with Gasteiger partial charge in [-0.3, -0.25) is 9.59 Å². The number of benzene rings is 2. The summed E-state index contributed by atoms with van der Waals surface area (Å²) in [5.74, 6) is -0.163. The molecule has 0 radical (unpaired) electrons. The van der Waals surface area contributed by atoms with Crippen LogP contribution in [0.4, 0.5) is 0 Å². The van der Waals surface area contributed by atoms with Crippen LogP contribution < -0.4 is 11.1 Å². The molecule has 148 valence electrons. The maximum Gasteiger partial charge on any atom is 0.251 e. The van der Waals surface area contributed by atoms with Gasteiger partial charge in [0.2, 0.25) is 5.91 Å².